The predicted molar refractivity (Wildman–Crippen MR) is 51.2 cm³/mol. The lowest BCUT2D eigenvalue weighted by Gasteiger charge is -2.03. The number of nitrogens with zero attached hydrogens (tertiary/aromatic N) is 1. The predicted octanol–water partition coefficient (Wildman–Crippen LogP) is 2.04. The summed E-state index contributed by atoms with van der Waals surface area (Å²) in [6, 6.07) is 3.89. The van der Waals surface area contributed by atoms with Crippen LogP contribution in [0.15, 0.2) is 30.2 Å². The summed E-state index contributed by atoms with van der Waals surface area (Å²) in [4.78, 5) is 4.00. The number of hydrogen-bond donors (Lipinski definition) is 1. The van der Waals surface area contributed by atoms with Gasteiger partial charge in [0.15, 0.2) is 0 Å². The van der Waals surface area contributed by atoms with E-state index in [4.69, 9.17) is 5.73 Å². The first-order valence-electron chi connectivity index (χ1n) is 4.07. The number of hydrogen-bond acceptors (Lipinski definition) is 2. The van der Waals surface area contributed by atoms with Crippen LogP contribution in [0.3, 0.4) is 0 Å². The van der Waals surface area contributed by atoms with E-state index in [2.05, 4.69) is 18.8 Å². The van der Waals surface area contributed by atoms with Gasteiger partial charge in [0.1, 0.15) is 0 Å². The zero-order valence-electron chi connectivity index (χ0n) is 7.49. The second-order valence-electron chi connectivity index (χ2n) is 3.09. The Balaban J connectivity index is 2.81. The second kappa shape index (κ2) is 3.90. The molecule has 0 amide bonds. The summed E-state index contributed by atoms with van der Waals surface area (Å²) in [7, 11) is 0. The fourth-order valence-corrected chi connectivity index (χ4v) is 0.820. The minimum atomic E-state index is 0.394. The van der Waals surface area contributed by atoms with Crippen LogP contribution in [-0.4, -0.2) is 4.98 Å². The van der Waals surface area contributed by atoms with Gasteiger partial charge in [0.2, 0.25) is 0 Å². The highest BCUT2D eigenvalue weighted by Gasteiger charge is 1.96. The van der Waals surface area contributed by atoms with Crippen molar-refractivity contribution in [1.29, 1.82) is 0 Å². The van der Waals surface area contributed by atoms with Crippen molar-refractivity contribution in [2.24, 2.45) is 11.7 Å². The largest absolute Gasteiger partial charge is 0.402 e. The fourth-order valence-electron chi connectivity index (χ4n) is 0.820. The number of pyridine rings is 1. The molecule has 1 aromatic heterocycles. The zero-order chi connectivity index (χ0) is 8.97. The lowest BCUT2D eigenvalue weighted by molar-refractivity contribution is 0.764. The van der Waals surface area contributed by atoms with Crippen LogP contribution >= 0.6 is 0 Å². The molecule has 2 nitrogen and oxygen atoms in total. The quantitative estimate of drug-likeness (QED) is 0.722. The van der Waals surface area contributed by atoms with Gasteiger partial charge in [-0.2, -0.15) is 0 Å². The van der Waals surface area contributed by atoms with Crippen LogP contribution in [0.4, 0.5) is 0 Å². The molecular formula is C10H14N2. The van der Waals surface area contributed by atoms with E-state index in [1.165, 1.54) is 0 Å². The molecule has 1 rings (SSSR count). The number of nitrogens with two attached hydrogens (primary N) is 1. The summed E-state index contributed by atoms with van der Waals surface area (Å²) in [5.41, 5.74) is 7.73. The molecule has 2 N–H and O–H groups in total. The summed E-state index contributed by atoms with van der Waals surface area (Å²) in [6.07, 6.45) is 5.51. The minimum Gasteiger partial charge on any atom is -0.402 e. The molecule has 0 saturated heterocycles. The molecule has 0 aromatic carbocycles. The molecule has 0 unspecified atom stereocenters. The summed E-state index contributed by atoms with van der Waals surface area (Å²) in [6.45, 7) is 4.14. The third-order valence-corrected chi connectivity index (χ3v) is 1.68. The maximum Gasteiger partial charge on any atom is 0.0340 e. The minimum absolute atomic E-state index is 0.394. The van der Waals surface area contributed by atoms with Gasteiger partial charge in [-0.3, -0.25) is 4.98 Å². The smallest absolute Gasteiger partial charge is 0.0340 e. The van der Waals surface area contributed by atoms with Gasteiger partial charge in [-0.1, -0.05) is 19.9 Å². The van der Waals surface area contributed by atoms with Gasteiger partial charge < -0.3 is 5.73 Å². The van der Waals surface area contributed by atoms with Gasteiger partial charge in [0.25, 0.3) is 0 Å². The van der Waals surface area contributed by atoms with E-state index in [0.717, 1.165) is 11.3 Å². The summed E-state index contributed by atoms with van der Waals surface area (Å²) in [5, 5.41) is 0. The molecule has 0 aliphatic carbocycles. The lowest BCUT2D eigenvalue weighted by Crippen LogP contribution is -2.04. The van der Waals surface area contributed by atoms with Gasteiger partial charge in [-0.25, -0.2) is 0 Å². The van der Waals surface area contributed by atoms with Crippen molar-refractivity contribution in [3.05, 3.63) is 35.8 Å². The second-order valence-corrected chi connectivity index (χ2v) is 3.09. The van der Waals surface area contributed by atoms with E-state index in [9.17, 15) is 0 Å². The van der Waals surface area contributed by atoms with E-state index in [1.807, 2.05) is 18.2 Å². The molecule has 0 aliphatic heterocycles. The summed E-state index contributed by atoms with van der Waals surface area (Å²) in [5.74, 6) is 0.394. The molecule has 0 spiro atoms. The Morgan fingerprint density at radius 3 is 2.83 bits per heavy atom. The third kappa shape index (κ3) is 2.38. The highest BCUT2D eigenvalue weighted by Crippen LogP contribution is 2.07. The van der Waals surface area contributed by atoms with Crippen molar-refractivity contribution in [3.63, 3.8) is 0 Å². The van der Waals surface area contributed by atoms with Gasteiger partial charge in [0.05, 0.1) is 0 Å². The van der Waals surface area contributed by atoms with Crippen molar-refractivity contribution in [2.45, 2.75) is 13.8 Å². The molecule has 2 heteroatoms. The highest BCUT2D eigenvalue weighted by atomic mass is 14.6. The molecule has 1 heterocycles. The standard InChI is InChI=1S/C10H14N2/c1-8(2)10(11)6-9-4-3-5-12-7-9/h3-8H,11H2,1-2H3/b10-6-. The van der Waals surface area contributed by atoms with Gasteiger partial charge in [-0.15, -0.1) is 0 Å². The zero-order valence-corrected chi connectivity index (χ0v) is 7.49. The Morgan fingerprint density at radius 2 is 2.33 bits per heavy atom. The average Bonchev–Trinajstić information content (AvgIpc) is 2.06. The fraction of sp³-hybridized carbons (Fsp3) is 0.300. The molecule has 0 saturated carbocycles. The Kier molecular flexibility index (Phi) is 2.86. The molecule has 64 valence electrons. The first kappa shape index (κ1) is 8.78. The first-order chi connectivity index (χ1) is 5.70. The monoisotopic (exact) mass is 162 g/mol. The molecule has 0 aliphatic rings. The molecule has 1 aromatic rings. The van der Waals surface area contributed by atoms with Crippen LogP contribution < -0.4 is 5.73 Å². The normalized spacial score (nSPS) is 12.1. The Bertz CT molecular complexity index is 262. The van der Waals surface area contributed by atoms with Crippen LogP contribution in [-0.2, 0) is 0 Å². The van der Waals surface area contributed by atoms with Crippen molar-refractivity contribution in [1.82, 2.24) is 4.98 Å². The van der Waals surface area contributed by atoms with E-state index in [1.54, 1.807) is 12.4 Å². The van der Waals surface area contributed by atoms with Crippen LogP contribution in [0.5, 0.6) is 0 Å². The number of allylic oxidation sites excluding steroid dienone is 1. The van der Waals surface area contributed by atoms with Crippen molar-refractivity contribution in [3.8, 4) is 0 Å². The van der Waals surface area contributed by atoms with Crippen molar-refractivity contribution in [2.75, 3.05) is 0 Å². The SMILES string of the molecule is CC(C)/C(N)=C/c1cccnc1. The third-order valence-electron chi connectivity index (χ3n) is 1.68. The summed E-state index contributed by atoms with van der Waals surface area (Å²) >= 11 is 0. The van der Waals surface area contributed by atoms with Gasteiger partial charge in [-0.05, 0) is 23.6 Å². The molecular weight excluding hydrogens is 148 g/mol. The van der Waals surface area contributed by atoms with E-state index >= 15 is 0 Å². The lowest BCUT2D eigenvalue weighted by atomic mass is 10.1. The molecule has 0 radical (unpaired) electrons. The van der Waals surface area contributed by atoms with Gasteiger partial charge in [0, 0.05) is 18.1 Å². The van der Waals surface area contributed by atoms with Crippen LogP contribution in [0.1, 0.15) is 19.4 Å². The van der Waals surface area contributed by atoms with E-state index in [-0.39, 0.29) is 0 Å². The Labute approximate surface area is 73.1 Å². The highest BCUT2D eigenvalue weighted by molar-refractivity contribution is 5.50. The maximum atomic E-state index is 5.78. The van der Waals surface area contributed by atoms with Crippen molar-refractivity contribution >= 4 is 6.08 Å². The van der Waals surface area contributed by atoms with Gasteiger partial charge >= 0.3 is 0 Å². The van der Waals surface area contributed by atoms with Crippen LogP contribution in [0.25, 0.3) is 6.08 Å². The summed E-state index contributed by atoms with van der Waals surface area (Å²) < 4.78 is 0. The Hall–Kier alpha value is -1.31. The van der Waals surface area contributed by atoms with E-state index in [0.29, 0.717) is 5.92 Å². The van der Waals surface area contributed by atoms with E-state index < -0.39 is 0 Å². The average molecular weight is 162 g/mol. The molecule has 12 heavy (non-hydrogen) atoms. The Morgan fingerprint density at radius 1 is 1.58 bits per heavy atom. The number of rotatable bonds is 2. The topological polar surface area (TPSA) is 38.9 Å². The van der Waals surface area contributed by atoms with Crippen LogP contribution in [0.2, 0.25) is 0 Å². The maximum absolute atomic E-state index is 5.78. The van der Waals surface area contributed by atoms with Crippen molar-refractivity contribution < 1.29 is 0 Å². The first-order valence-corrected chi connectivity index (χ1v) is 4.07. The number of aromatic nitrogens is 1. The molecule has 0 fully saturated rings. The molecule has 0 bridgehead atoms. The molecule has 0 atom stereocenters. The van der Waals surface area contributed by atoms with Crippen LogP contribution in [0, 0.1) is 5.92 Å².